The second-order valence-corrected chi connectivity index (χ2v) is 5.33. The fourth-order valence-corrected chi connectivity index (χ4v) is 2.72. The van der Waals surface area contributed by atoms with Crippen LogP contribution in [0, 0.1) is 0 Å². The van der Waals surface area contributed by atoms with Crippen molar-refractivity contribution in [1.29, 1.82) is 0 Å². The summed E-state index contributed by atoms with van der Waals surface area (Å²) in [6.07, 6.45) is 3.29. The predicted molar refractivity (Wildman–Crippen MR) is 90.2 cm³/mol. The third-order valence-electron chi connectivity index (χ3n) is 3.84. The van der Waals surface area contributed by atoms with Crippen LogP contribution >= 0.6 is 24.8 Å². The summed E-state index contributed by atoms with van der Waals surface area (Å²) in [5.41, 5.74) is 2.65. The average Bonchev–Trinajstić information content (AvgIpc) is 2.74. The van der Waals surface area contributed by atoms with Gasteiger partial charge < -0.3 is 9.88 Å². The Kier molecular flexibility index (Phi) is 6.83. The van der Waals surface area contributed by atoms with E-state index >= 15 is 0 Å². The first-order valence-corrected chi connectivity index (χ1v) is 6.78. The number of nitrogens with one attached hydrogen (secondary N) is 1. The molecule has 1 aromatic carbocycles. The van der Waals surface area contributed by atoms with Gasteiger partial charge in [-0.05, 0) is 55.7 Å². The summed E-state index contributed by atoms with van der Waals surface area (Å²) in [5, 5.41) is 1.32. The summed E-state index contributed by atoms with van der Waals surface area (Å²) < 4.78 is 0. The predicted octanol–water partition coefficient (Wildman–Crippen LogP) is 3.15. The van der Waals surface area contributed by atoms with Crippen molar-refractivity contribution in [3.8, 4) is 0 Å². The van der Waals surface area contributed by atoms with Gasteiger partial charge in [0.05, 0.1) is 0 Å². The van der Waals surface area contributed by atoms with Gasteiger partial charge in [0, 0.05) is 31.3 Å². The third kappa shape index (κ3) is 4.13. The molecule has 0 amide bonds. The number of benzene rings is 1. The zero-order valence-electron chi connectivity index (χ0n) is 11.8. The minimum absolute atomic E-state index is 0. The Labute approximate surface area is 133 Å². The van der Waals surface area contributed by atoms with Crippen LogP contribution in [0.1, 0.15) is 12.0 Å². The normalized spacial score (nSPS) is 17.2. The van der Waals surface area contributed by atoms with Crippen LogP contribution in [0.4, 0.5) is 0 Å². The lowest BCUT2D eigenvalue weighted by molar-refractivity contribution is 0.269. The number of nitrogens with zero attached hydrogens (tertiary/aromatic N) is 2. The van der Waals surface area contributed by atoms with Gasteiger partial charge in [0.2, 0.25) is 0 Å². The first kappa shape index (κ1) is 17.3. The Hall–Kier alpha value is -0.740. The van der Waals surface area contributed by atoms with Gasteiger partial charge in [-0.15, -0.1) is 24.8 Å². The van der Waals surface area contributed by atoms with Crippen molar-refractivity contribution in [2.75, 3.05) is 33.2 Å². The molecule has 3 nitrogen and oxygen atoms in total. The van der Waals surface area contributed by atoms with Crippen LogP contribution in [0.5, 0.6) is 0 Å². The number of halogens is 2. The molecule has 1 fully saturated rings. The quantitative estimate of drug-likeness (QED) is 0.919. The molecule has 1 aromatic heterocycles. The number of fused-ring (bicyclic) bond motifs is 1. The molecule has 0 radical (unpaired) electrons. The zero-order chi connectivity index (χ0) is 12.4. The summed E-state index contributed by atoms with van der Waals surface area (Å²) >= 11 is 0. The van der Waals surface area contributed by atoms with Gasteiger partial charge in [-0.2, -0.15) is 0 Å². The molecule has 112 valence electrons. The third-order valence-corrected chi connectivity index (χ3v) is 3.84. The SMILES string of the molecule is CN1CCCN(Cc2ccc3[nH]ccc3c2)CC1.Cl.Cl. The number of aromatic nitrogens is 1. The van der Waals surface area contributed by atoms with Gasteiger partial charge >= 0.3 is 0 Å². The Bertz CT molecular complexity index is 527. The number of hydrogen-bond donors (Lipinski definition) is 1. The van der Waals surface area contributed by atoms with E-state index in [9.17, 15) is 0 Å². The monoisotopic (exact) mass is 315 g/mol. The number of hydrogen-bond acceptors (Lipinski definition) is 2. The first-order valence-electron chi connectivity index (χ1n) is 6.78. The van der Waals surface area contributed by atoms with Crippen LogP contribution in [-0.4, -0.2) is 48.0 Å². The van der Waals surface area contributed by atoms with Crippen molar-refractivity contribution < 1.29 is 0 Å². The molecule has 5 heteroatoms. The summed E-state index contributed by atoms with van der Waals surface area (Å²) in [5.74, 6) is 0. The van der Waals surface area contributed by atoms with Crippen LogP contribution < -0.4 is 0 Å². The summed E-state index contributed by atoms with van der Waals surface area (Å²) in [6.45, 7) is 5.89. The van der Waals surface area contributed by atoms with Gasteiger partial charge in [0.15, 0.2) is 0 Å². The summed E-state index contributed by atoms with van der Waals surface area (Å²) in [4.78, 5) is 8.24. The number of H-pyrrole nitrogens is 1. The van der Waals surface area contributed by atoms with Crippen LogP contribution in [0.15, 0.2) is 30.5 Å². The van der Waals surface area contributed by atoms with E-state index in [1.807, 2.05) is 6.20 Å². The highest BCUT2D eigenvalue weighted by Crippen LogP contribution is 2.16. The molecule has 0 atom stereocenters. The molecule has 1 N–H and O–H groups in total. The molecule has 0 spiro atoms. The molecule has 0 aliphatic carbocycles. The van der Waals surface area contributed by atoms with E-state index in [0.717, 1.165) is 6.54 Å². The van der Waals surface area contributed by atoms with Crippen LogP contribution in [0.25, 0.3) is 10.9 Å². The van der Waals surface area contributed by atoms with Crippen LogP contribution in [0.2, 0.25) is 0 Å². The average molecular weight is 316 g/mol. The van der Waals surface area contributed by atoms with E-state index in [1.165, 1.54) is 49.1 Å². The van der Waals surface area contributed by atoms with E-state index in [-0.39, 0.29) is 24.8 Å². The lowest BCUT2D eigenvalue weighted by Gasteiger charge is -2.20. The van der Waals surface area contributed by atoms with E-state index in [2.05, 4.69) is 46.1 Å². The maximum absolute atomic E-state index is 3.25. The highest BCUT2D eigenvalue weighted by Gasteiger charge is 2.12. The van der Waals surface area contributed by atoms with Crippen LogP contribution in [-0.2, 0) is 6.54 Å². The van der Waals surface area contributed by atoms with Gasteiger partial charge in [-0.3, -0.25) is 4.90 Å². The maximum Gasteiger partial charge on any atom is 0.0454 e. The van der Waals surface area contributed by atoms with E-state index in [1.54, 1.807) is 0 Å². The van der Waals surface area contributed by atoms with E-state index < -0.39 is 0 Å². The van der Waals surface area contributed by atoms with Crippen molar-refractivity contribution in [1.82, 2.24) is 14.8 Å². The fourth-order valence-electron chi connectivity index (χ4n) is 2.72. The second kappa shape index (κ2) is 7.89. The van der Waals surface area contributed by atoms with Gasteiger partial charge in [-0.1, -0.05) is 6.07 Å². The Morgan fingerprint density at radius 2 is 1.90 bits per heavy atom. The van der Waals surface area contributed by atoms with Gasteiger partial charge in [0.25, 0.3) is 0 Å². The molecule has 0 bridgehead atoms. The second-order valence-electron chi connectivity index (χ2n) is 5.33. The molecule has 3 rings (SSSR count). The molecule has 1 saturated heterocycles. The van der Waals surface area contributed by atoms with Crippen molar-refractivity contribution in [3.63, 3.8) is 0 Å². The maximum atomic E-state index is 3.25. The molecular formula is C15H23Cl2N3. The first-order chi connectivity index (χ1) is 8.81. The molecule has 2 heterocycles. The van der Waals surface area contributed by atoms with Crippen molar-refractivity contribution in [3.05, 3.63) is 36.0 Å². The number of aromatic amines is 1. The summed E-state index contributed by atoms with van der Waals surface area (Å²) in [7, 11) is 2.22. The lowest BCUT2D eigenvalue weighted by atomic mass is 10.1. The Morgan fingerprint density at radius 3 is 2.75 bits per heavy atom. The highest BCUT2D eigenvalue weighted by molar-refractivity contribution is 5.85. The lowest BCUT2D eigenvalue weighted by Crippen LogP contribution is -2.28. The van der Waals surface area contributed by atoms with Gasteiger partial charge in [-0.25, -0.2) is 0 Å². The zero-order valence-corrected chi connectivity index (χ0v) is 13.5. The van der Waals surface area contributed by atoms with Gasteiger partial charge in [0.1, 0.15) is 0 Å². The van der Waals surface area contributed by atoms with Crippen molar-refractivity contribution in [2.24, 2.45) is 0 Å². The smallest absolute Gasteiger partial charge is 0.0454 e. The molecular weight excluding hydrogens is 293 g/mol. The number of rotatable bonds is 2. The Balaban J connectivity index is 0.000001000. The highest BCUT2D eigenvalue weighted by atomic mass is 35.5. The Morgan fingerprint density at radius 1 is 1.05 bits per heavy atom. The molecule has 1 aliphatic rings. The van der Waals surface area contributed by atoms with Crippen molar-refractivity contribution in [2.45, 2.75) is 13.0 Å². The molecule has 1 aliphatic heterocycles. The van der Waals surface area contributed by atoms with E-state index in [0.29, 0.717) is 0 Å². The largest absolute Gasteiger partial charge is 0.361 e. The van der Waals surface area contributed by atoms with E-state index in [4.69, 9.17) is 0 Å². The van der Waals surface area contributed by atoms with Crippen molar-refractivity contribution >= 4 is 35.7 Å². The molecule has 0 unspecified atom stereocenters. The summed E-state index contributed by atoms with van der Waals surface area (Å²) in [6, 6.07) is 8.89. The molecule has 0 saturated carbocycles. The topological polar surface area (TPSA) is 22.3 Å². The minimum atomic E-state index is 0. The van der Waals surface area contributed by atoms with Crippen LogP contribution in [0.3, 0.4) is 0 Å². The molecule has 2 aromatic rings. The molecule has 20 heavy (non-hydrogen) atoms. The number of likely N-dealkylation sites (N-methyl/N-ethyl adjacent to an activating group) is 1. The fraction of sp³-hybridized carbons (Fsp3) is 0.467. The standard InChI is InChI=1S/C15H21N3.2ClH/c1-17-7-2-8-18(10-9-17)12-13-3-4-15-14(11-13)5-6-16-15;;/h3-6,11,16H,2,7-10,12H2,1H3;2*1H. The minimum Gasteiger partial charge on any atom is -0.361 e.